The van der Waals surface area contributed by atoms with Crippen LogP contribution in [0.5, 0.6) is 0 Å². The lowest BCUT2D eigenvalue weighted by Crippen LogP contribution is -1.99. The van der Waals surface area contributed by atoms with Gasteiger partial charge in [0.15, 0.2) is 0 Å². The van der Waals surface area contributed by atoms with Gasteiger partial charge in [0, 0.05) is 10.4 Å². The van der Waals surface area contributed by atoms with E-state index >= 15 is 0 Å². The van der Waals surface area contributed by atoms with E-state index in [2.05, 4.69) is 60.7 Å². The lowest BCUT2D eigenvalue weighted by atomic mass is 10.0. The van der Waals surface area contributed by atoms with Gasteiger partial charge in [-0.05, 0) is 46.2 Å². The summed E-state index contributed by atoms with van der Waals surface area (Å²) in [6, 6.07) is 21.4. The number of hydrogen-bond donors (Lipinski definition) is 0. The molecule has 20 heavy (non-hydrogen) atoms. The van der Waals surface area contributed by atoms with Crippen molar-refractivity contribution in [1.29, 1.82) is 0 Å². The zero-order valence-electron chi connectivity index (χ0n) is 10.8. The molecule has 2 aliphatic rings. The van der Waals surface area contributed by atoms with Crippen molar-refractivity contribution in [3.05, 3.63) is 87.2 Å². The minimum absolute atomic E-state index is 1.08. The molecular formula is C19H11N. The Labute approximate surface area is 115 Å². The van der Waals surface area contributed by atoms with Gasteiger partial charge in [-0.2, -0.15) is 0 Å². The van der Waals surface area contributed by atoms with Crippen molar-refractivity contribution in [2.75, 3.05) is 0 Å². The second kappa shape index (κ2) is 3.45. The lowest BCUT2D eigenvalue weighted by Gasteiger charge is -2.00. The highest BCUT2D eigenvalue weighted by molar-refractivity contribution is 5.83. The Hall–Kier alpha value is -2.67. The third-order valence-electron chi connectivity index (χ3n) is 4.16. The third-order valence-corrected chi connectivity index (χ3v) is 4.16. The summed E-state index contributed by atoms with van der Waals surface area (Å²) in [6.45, 7) is 0. The number of rotatable bonds is 0. The smallest absolute Gasteiger partial charge is 0.0722 e. The summed E-state index contributed by atoms with van der Waals surface area (Å²) in [6.07, 6.45) is 2.25. The van der Waals surface area contributed by atoms with E-state index in [-0.39, 0.29) is 0 Å². The standard InChI is InChI=1S/C19H11N/c1-2-6-14-12(5-1)9-13-10-19-17(11-16(13)14)15-7-3-4-8-18(15)20-19/h1-11H. The summed E-state index contributed by atoms with van der Waals surface area (Å²) in [5.41, 5.74) is 5.05. The fourth-order valence-corrected chi connectivity index (χ4v) is 3.23. The number of para-hydroxylation sites is 1. The van der Waals surface area contributed by atoms with Gasteiger partial charge >= 0.3 is 0 Å². The predicted molar refractivity (Wildman–Crippen MR) is 80.0 cm³/mol. The Balaban J connectivity index is 1.98. The molecule has 3 aromatic rings. The second-order valence-electron chi connectivity index (χ2n) is 5.32. The average Bonchev–Trinajstić information content (AvgIpc) is 3.02. The van der Waals surface area contributed by atoms with Crippen LogP contribution in [0.1, 0.15) is 5.56 Å². The van der Waals surface area contributed by atoms with E-state index in [1.165, 1.54) is 32.3 Å². The highest BCUT2D eigenvalue weighted by Crippen LogP contribution is 2.29. The van der Waals surface area contributed by atoms with Gasteiger partial charge in [0.25, 0.3) is 0 Å². The van der Waals surface area contributed by atoms with E-state index in [1.807, 2.05) is 6.07 Å². The van der Waals surface area contributed by atoms with E-state index < -0.39 is 0 Å². The Morgan fingerprint density at radius 2 is 1.55 bits per heavy atom. The van der Waals surface area contributed by atoms with Crippen molar-refractivity contribution in [3.63, 3.8) is 0 Å². The minimum atomic E-state index is 1.08. The van der Waals surface area contributed by atoms with Gasteiger partial charge in [0.1, 0.15) is 0 Å². The third kappa shape index (κ3) is 1.19. The minimum Gasteiger partial charge on any atom is -0.248 e. The van der Waals surface area contributed by atoms with Crippen LogP contribution in [0, 0.1) is 10.4 Å². The quantitative estimate of drug-likeness (QED) is 0.402. The summed E-state index contributed by atoms with van der Waals surface area (Å²) in [5, 5.41) is 4.86. The molecule has 0 N–H and O–H groups in total. The van der Waals surface area contributed by atoms with Crippen LogP contribution in [0.25, 0.3) is 17.2 Å². The maximum absolute atomic E-state index is 4.74. The topological polar surface area (TPSA) is 12.4 Å². The fourth-order valence-electron chi connectivity index (χ4n) is 3.23. The molecule has 0 radical (unpaired) electrons. The van der Waals surface area contributed by atoms with Gasteiger partial charge in [0.2, 0.25) is 0 Å². The molecule has 0 aromatic heterocycles. The highest BCUT2D eigenvalue weighted by Gasteiger charge is 2.14. The van der Waals surface area contributed by atoms with E-state index in [0.717, 1.165) is 11.0 Å². The molecule has 92 valence electrons. The first-order chi connectivity index (χ1) is 9.90. The highest BCUT2D eigenvalue weighted by atomic mass is 14.7. The number of benzene rings is 3. The fraction of sp³-hybridized carbons (Fsp3) is 0. The van der Waals surface area contributed by atoms with Gasteiger partial charge in [-0.25, -0.2) is 4.99 Å². The van der Waals surface area contributed by atoms with Gasteiger partial charge in [-0.1, -0.05) is 42.5 Å². The summed E-state index contributed by atoms with van der Waals surface area (Å²) in [7, 11) is 0. The molecule has 5 rings (SSSR count). The number of hydrogen-bond acceptors (Lipinski definition) is 1. The zero-order chi connectivity index (χ0) is 13.1. The second-order valence-corrected chi connectivity index (χ2v) is 5.32. The first kappa shape index (κ1) is 10.2. The summed E-state index contributed by atoms with van der Waals surface area (Å²) in [4.78, 5) is 4.74. The molecule has 0 fully saturated rings. The summed E-state index contributed by atoms with van der Waals surface area (Å²) in [5.74, 6) is 0. The van der Waals surface area contributed by atoms with Crippen LogP contribution in [0.2, 0.25) is 0 Å². The van der Waals surface area contributed by atoms with Crippen LogP contribution in [-0.2, 0) is 0 Å². The van der Waals surface area contributed by atoms with Crippen molar-refractivity contribution in [1.82, 2.24) is 0 Å². The molecule has 1 heterocycles. The van der Waals surface area contributed by atoms with E-state index in [4.69, 9.17) is 4.99 Å². The molecule has 3 aromatic carbocycles. The molecule has 1 aliphatic carbocycles. The summed E-state index contributed by atoms with van der Waals surface area (Å²) >= 11 is 0. The van der Waals surface area contributed by atoms with Crippen LogP contribution in [0.3, 0.4) is 0 Å². The molecule has 0 atom stereocenters. The van der Waals surface area contributed by atoms with Crippen molar-refractivity contribution in [3.8, 4) is 11.1 Å². The SMILES string of the molecule is C1=c2cc3c(cc2-c2ccccc21)=c1ccccc1=N3. The Kier molecular flexibility index (Phi) is 1.75. The monoisotopic (exact) mass is 253 g/mol. The molecular weight excluding hydrogens is 242 g/mol. The Morgan fingerprint density at radius 3 is 2.55 bits per heavy atom. The van der Waals surface area contributed by atoms with Gasteiger partial charge in [-0.3, -0.25) is 0 Å². The molecule has 1 aliphatic heterocycles. The normalized spacial score (nSPS) is 12.8. The predicted octanol–water partition coefficient (Wildman–Crippen LogP) is 3.05. The van der Waals surface area contributed by atoms with Crippen LogP contribution in [-0.4, -0.2) is 0 Å². The number of nitrogens with zero attached hydrogens (tertiary/aromatic N) is 1. The molecule has 0 bridgehead atoms. The molecule has 0 spiro atoms. The Bertz CT molecular complexity index is 1090. The van der Waals surface area contributed by atoms with Gasteiger partial charge in [0.05, 0.1) is 11.0 Å². The van der Waals surface area contributed by atoms with E-state index in [0.29, 0.717) is 0 Å². The lowest BCUT2D eigenvalue weighted by molar-refractivity contribution is 1.37. The maximum atomic E-state index is 4.74. The van der Waals surface area contributed by atoms with E-state index in [9.17, 15) is 0 Å². The molecule has 0 unspecified atom stereocenters. The summed E-state index contributed by atoms with van der Waals surface area (Å²) < 4.78 is 0. The van der Waals surface area contributed by atoms with Crippen molar-refractivity contribution >= 4 is 11.8 Å². The molecule has 0 saturated carbocycles. The first-order valence-electron chi connectivity index (χ1n) is 6.83. The van der Waals surface area contributed by atoms with Gasteiger partial charge < -0.3 is 0 Å². The van der Waals surface area contributed by atoms with Crippen LogP contribution in [0.4, 0.5) is 5.69 Å². The van der Waals surface area contributed by atoms with Crippen molar-refractivity contribution in [2.45, 2.75) is 0 Å². The van der Waals surface area contributed by atoms with Gasteiger partial charge in [-0.15, -0.1) is 0 Å². The van der Waals surface area contributed by atoms with Crippen LogP contribution >= 0.6 is 0 Å². The first-order valence-corrected chi connectivity index (χ1v) is 6.83. The van der Waals surface area contributed by atoms with E-state index in [1.54, 1.807) is 0 Å². The van der Waals surface area contributed by atoms with Crippen LogP contribution in [0.15, 0.2) is 65.7 Å². The largest absolute Gasteiger partial charge is 0.248 e. The van der Waals surface area contributed by atoms with Crippen LogP contribution < -0.4 is 10.6 Å². The van der Waals surface area contributed by atoms with Crippen molar-refractivity contribution < 1.29 is 0 Å². The zero-order valence-corrected chi connectivity index (χ0v) is 10.8. The average molecular weight is 253 g/mol. The molecule has 1 heteroatoms. The molecule has 0 amide bonds. The Morgan fingerprint density at radius 1 is 0.700 bits per heavy atom. The number of fused-ring (bicyclic) bond motifs is 5. The maximum Gasteiger partial charge on any atom is 0.0722 e. The van der Waals surface area contributed by atoms with Crippen molar-refractivity contribution in [2.24, 2.45) is 4.99 Å². The molecule has 1 nitrogen and oxygen atoms in total. The molecule has 0 saturated heterocycles.